The van der Waals surface area contributed by atoms with Crippen molar-refractivity contribution in [2.45, 2.75) is 45.4 Å². The number of carboxylic acids is 1. The summed E-state index contributed by atoms with van der Waals surface area (Å²) in [6, 6.07) is 4.45. The Morgan fingerprint density at radius 3 is 2.58 bits per heavy atom. The van der Waals surface area contributed by atoms with E-state index in [1.165, 1.54) is 30.4 Å². The minimum atomic E-state index is -0.765. The van der Waals surface area contributed by atoms with Crippen molar-refractivity contribution < 1.29 is 9.90 Å². The van der Waals surface area contributed by atoms with E-state index in [4.69, 9.17) is 5.11 Å². The molecule has 1 heterocycles. The summed E-state index contributed by atoms with van der Waals surface area (Å²) in [6.45, 7) is 1.96. The number of rotatable bonds is 2. The first-order chi connectivity index (χ1) is 9.15. The number of carbonyl (C=O) groups is 1. The Morgan fingerprint density at radius 1 is 1.21 bits per heavy atom. The van der Waals surface area contributed by atoms with Gasteiger partial charge in [-0.1, -0.05) is 6.42 Å². The molecule has 2 N–H and O–H groups in total. The number of hydrogen-bond donors (Lipinski definition) is 2. The zero-order valence-corrected chi connectivity index (χ0v) is 11.3. The van der Waals surface area contributed by atoms with Gasteiger partial charge in [-0.05, 0) is 61.4 Å². The predicted molar refractivity (Wildman–Crippen MR) is 75.6 cm³/mol. The maximum Gasteiger partial charge on any atom is 0.307 e. The van der Waals surface area contributed by atoms with Gasteiger partial charge in [0.25, 0.3) is 0 Å². The molecular formula is C16H19NO2. The number of carboxylic acid groups (broad SMARTS) is 1. The lowest BCUT2D eigenvalue weighted by Gasteiger charge is -2.06. The van der Waals surface area contributed by atoms with Crippen molar-refractivity contribution in [3.63, 3.8) is 0 Å². The highest BCUT2D eigenvalue weighted by Gasteiger charge is 2.15. The number of aliphatic carboxylic acids is 1. The summed E-state index contributed by atoms with van der Waals surface area (Å²) in [5.74, 6) is -0.765. The third kappa shape index (κ3) is 2.25. The molecule has 0 fully saturated rings. The van der Waals surface area contributed by atoms with Crippen molar-refractivity contribution in [3.05, 3.63) is 34.5 Å². The van der Waals surface area contributed by atoms with Gasteiger partial charge in [0.15, 0.2) is 0 Å². The SMILES string of the molecule is Cc1[nH]c2cc3c(cc2c1CC(=O)O)CCCCC3. The quantitative estimate of drug-likeness (QED) is 0.810. The first-order valence-corrected chi connectivity index (χ1v) is 7.00. The van der Waals surface area contributed by atoms with Gasteiger partial charge in [0.05, 0.1) is 6.42 Å². The highest BCUT2D eigenvalue weighted by Crippen LogP contribution is 2.29. The van der Waals surface area contributed by atoms with Crippen LogP contribution in [0.3, 0.4) is 0 Å². The number of aromatic amines is 1. The van der Waals surface area contributed by atoms with Crippen LogP contribution < -0.4 is 0 Å². The summed E-state index contributed by atoms with van der Waals surface area (Å²) in [5, 5.41) is 10.1. The van der Waals surface area contributed by atoms with Gasteiger partial charge in [-0.3, -0.25) is 4.79 Å². The second kappa shape index (κ2) is 4.72. The summed E-state index contributed by atoms with van der Waals surface area (Å²) < 4.78 is 0. The molecule has 3 heteroatoms. The first-order valence-electron chi connectivity index (χ1n) is 7.00. The van der Waals surface area contributed by atoms with Gasteiger partial charge in [0.1, 0.15) is 0 Å². The smallest absolute Gasteiger partial charge is 0.307 e. The Kier molecular flexibility index (Phi) is 3.05. The molecule has 0 radical (unpaired) electrons. The Hall–Kier alpha value is -1.77. The van der Waals surface area contributed by atoms with Crippen LogP contribution in [-0.2, 0) is 24.1 Å². The number of H-pyrrole nitrogens is 1. The first kappa shape index (κ1) is 12.3. The van der Waals surface area contributed by atoms with Crippen LogP contribution in [0.4, 0.5) is 0 Å². The van der Waals surface area contributed by atoms with Crippen LogP contribution in [0.1, 0.15) is 41.6 Å². The van der Waals surface area contributed by atoms with Crippen molar-refractivity contribution in [1.29, 1.82) is 0 Å². The van der Waals surface area contributed by atoms with Crippen LogP contribution in [0.2, 0.25) is 0 Å². The van der Waals surface area contributed by atoms with Crippen molar-refractivity contribution in [3.8, 4) is 0 Å². The maximum absolute atomic E-state index is 11.0. The highest BCUT2D eigenvalue weighted by molar-refractivity contribution is 5.89. The second-order valence-electron chi connectivity index (χ2n) is 5.53. The molecule has 0 spiro atoms. The van der Waals surface area contributed by atoms with E-state index in [9.17, 15) is 4.79 Å². The number of aromatic nitrogens is 1. The fraction of sp³-hybridized carbons (Fsp3) is 0.438. The molecule has 3 nitrogen and oxygen atoms in total. The van der Waals surface area contributed by atoms with Crippen molar-refractivity contribution in [2.75, 3.05) is 0 Å². The van der Waals surface area contributed by atoms with E-state index in [0.29, 0.717) is 0 Å². The molecule has 1 aromatic carbocycles. The third-order valence-corrected chi connectivity index (χ3v) is 4.16. The van der Waals surface area contributed by atoms with Crippen LogP contribution in [-0.4, -0.2) is 16.1 Å². The Bertz CT molecular complexity index is 640. The maximum atomic E-state index is 11.0. The van der Waals surface area contributed by atoms with Crippen molar-refractivity contribution >= 4 is 16.9 Å². The molecule has 1 aliphatic carbocycles. The number of benzene rings is 1. The minimum Gasteiger partial charge on any atom is -0.481 e. The summed E-state index contributed by atoms with van der Waals surface area (Å²) >= 11 is 0. The second-order valence-corrected chi connectivity index (χ2v) is 5.53. The lowest BCUT2D eigenvalue weighted by Crippen LogP contribution is -2.01. The normalized spacial score (nSPS) is 15.2. The molecule has 0 aliphatic heterocycles. The standard InChI is InChI=1S/C16H19NO2/c1-10-13(9-16(18)19)14-7-11-5-3-2-4-6-12(11)8-15(14)17-10/h7-8,17H,2-6,9H2,1H3,(H,18,19). The van der Waals surface area contributed by atoms with E-state index in [1.54, 1.807) is 0 Å². The van der Waals surface area contributed by atoms with Crippen molar-refractivity contribution in [2.24, 2.45) is 0 Å². The number of nitrogens with one attached hydrogen (secondary N) is 1. The highest BCUT2D eigenvalue weighted by atomic mass is 16.4. The Labute approximate surface area is 112 Å². The lowest BCUT2D eigenvalue weighted by molar-refractivity contribution is -0.136. The third-order valence-electron chi connectivity index (χ3n) is 4.16. The van der Waals surface area contributed by atoms with E-state index in [1.807, 2.05) is 6.92 Å². The molecule has 1 aliphatic rings. The molecular weight excluding hydrogens is 238 g/mol. The van der Waals surface area contributed by atoms with Crippen LogP contribution in [0.25, 0.3) is 10.9 Å². The van der Waals surface area contributed by atoms with E-state index in [0.717, 1.165) is 35.0 Å². The number of aryl methyl sites for hydroxylation is 3. The molecule has 0 amide bonds. The average molecular weight is 257 g/mol. The van der Waals surface area contributed by atoms with Gasteiger partial charge in [-0.2, -0.15) is 0 Å². The molecule has 3 rings (SSSR count). The van der Waals surface area contributed by atoms with Crippen LogP contribution in [0.5, 0.6) is 0 Å². The Balaban J connectivity index is 2.15. The lowest BCUT2D eigenvalue weighted by atomic mass is 9.98. The van der Waals surface area contributed by atoms with Crippen molar-refractivity contribution in [1.82, 2.24) is 4.98 Å². The Morgan fingerprint density at radius 2 is 1.89 bits per heavy atom. The van der Waals surface area contributed by atoms with Gasteiger partial charge >= 0.3 is 5.97 Å². The van der Waals surface area contributed by atoms with Crippen LogP contribution in [0, 0.1) is 6.92 Å². The van der Waals surface area contributed by atoms with Gasteiger partial charge in [-0.25, -0.2) is 0 Å². The average Bonchev–Trinajstić information content (AvgIpc) is 2.54. The fourth-order valence-electron chi connectivity index (χ4n) is 3.17. The molecule has 2 aromatic rings. The molecule has 0 bridgehead atoms. The largest absolute Gasteiger partial charge is 0.481 e. The topological polar surface area (TPSA) is 53.1 Å². The van der Waals surface area contributed by atoms with E-state index in [2.05, 4.69) is 17.1 Å². The molecule has 100 valence electrons. The fourth-order valence-corrected chi connectivity index (χ4v) is 3.17. The summed E-state index contributed by atoms with van der Waals surface area (Å²) in [4.78, 5) is 14.3. The van der Waals surface area contributed by atoms with E-state index < -0.39 is 5.97 Å². The molecule has 19 heavy (non-hydrogen) atoms. The monoisotopic (exact) mass is 257 g/mol. The molecule has 0 unspecified atom stereocenters. The summed E-state index contributed by atoms with van der Waals surface area (Å²) in [5.41, 5.74) is 5.87. The van der Waals surface area contributed by atoms with Crippen LogP contribution in [0.15, 0.2) is 12.1 Å². The van der Waals surface area contributed by atoms with E-state index in [-0.39, 0.29) is 6.42 Å². The van der Waals surface area contributed by atoms with Gasteiger partial charge in [0.2, 0.25) is 0 Å². The predicted octanol–water partition coefficient (Wildman–Crippen LogP) is 3.37. The van der Waals surface area contributed by atoms with Gasteiger partial charge in [-0.15, -0.1) is 0 Å². The minimum absolute atomic E-state index is 0.102. The number of hydrogen-bond acceptors (Lipinski definition) is 1. The van der Waals surface area contributed by atoms with E-state index >= 15 is 0 Å². The molecule has 0 atom stereocenters. The molecule has 0 saturated heterocycles. The zero-order valence-electron chi connectivity index (χ0n) is 11.3. The molecule has 0 saturated carbocycles. The van der Waals surface area contributed by atoms with Gasteiger partial charge < -0.3 is 10.1 Å². The molecule has 1 aromatic heterocycles. The number of fused-ring (bicyclic) bond motifs is 2. The van der Waals surface area contributed by atoms with Crippen LogP contribution >= 0.6 is 0 Å². The summed E-state index contributed by atoms with van der Waals surface area (Å²) in [7, 11) is 0. The van der Waals surface area contributed by atoms with Gasteiger partial charge in [0, 0.05) is 16.6 Å². The zero-order chi connectivity index (χ0) is 13.4. The summed E-state index contributed by atoms with van der Waals surface area (Å²) in [6.07, 6.45) is 6.18.